The predicted molar refractivity (Wildman–Crippen MR) is 95.7 cm³/mol. The Labute approximate surface area is 156 Å². The number of hydrogen-bond donors (Lipinski definition) is 2. The molecule has 136 valence electrons. The van der Waals surface area contributed by atoms with Crippen molar-refractivity contribution in [1.29, 1.82) is 5.26 Å². The summed E-state index contributed by atoms with van der Waals surface area (Å²) in [5, 5.41) is 15.7. The highest BCUT2D eigenvalue weighted by atomic mass is 35.5. The fourth-order valence-corrected chi connectivity index (χ4v) is 3.20. The molecule has 2 heterocycles. The minimum absolute atomic E-state index is 0.0775. The third-order valence-corrected chi connectivity index (χ3v) is 4.64. The maximum atomic E-state index is 12.5. The maximum Gasteiger partial charge on any atom is 0.255 e. The monoisotopic (exact) mass is 374 g/mol. The molecule has 0 spiro atoms. The summed E-state index contributed by atoms with van der Waals surface area (Å²) in [5.41, 5.74) is 0.933. The van der Waals surface area contributed by atoms with Crippen LogP contribution in [0.25, 0.3) is 0 Å². The molecular formula is C18H19ClN4O3. The lowest BCUT2D eigenvalue weighted by Crippen LogP contribution is -2.42. The minimum atomic E-state index is -0.381. The smallest absolute Gasteiger partial charge is 0.255 e. The van der Waals surface area contributed by atoms with Crippen molar-refractivity contribution in [3.63, 3.8) is 0 Å². The number of methoxy groups -OCH3 is 1. The third-order valence-electron chi connectivity index (χ3n) is 4.29. The van der Waals surface area contributed by atoms with Crippen LogP contribution in [0.4, 0.5) is 0 Å². The van der Waals surface area contributed by atoms with E-state index in [0.717, 1.165) is 13.1 Å². The lowest BCUT2D eigenvalue weighted by Gasteiger charge is -2.31. The fourth-order valence-electron chi connectivity index (χ4n) is 2.91. The zero-order valence-corrected chi connectivity index (χ0v) is 15.0. The average molecular weight is 375 g/mol. The molecule has 26 heavy (non-hydrogen) atoms. The van der Waals surface area contributed by atoms with Crippen LogP contribution in [-0.2, 0) is 4.74 Å². The quantitative estimate of drug-likeness (QED) is 0.832. The molecule has 3 rings (SSSR count). The zero-order chi connectivity index (χ0) is 18.5. The highest BCUT2D eigenvalue weighted by Gasteiger charge is 2.26. The van der Waals surface area contributed by atoms with Crippen LogP contribution in [0.1, 0.15) is 22.5 Å². The largest absolute Gasteiger partial charge is 0.481 e. The Bertz CT molecular complexity index is 794. The van der Waals surface area contributed by atoms with Gasteiger partial charge in [-0.3, -0.25) is 4.79 Å². The first-order chi connectivity index (χ1) is 12.6. The molecule has 1 saturated heterocycles. The van der Waals surface area contributed by atoms with E-state index in [-0.39, 0.29) is 35.1 Å². The molecule has 1 unspecified atom stereocenters. The van der Waals surface area contributed by atoms with Crippen molar-refractivity contribution in [1.82, 2.24) is 15.6 Å². The van der Waals surface area contributed by atoms with Crippen molar-refractivity contribution in [3.8, 4) is 11.9 Å². The van der Waals surface area contributed by atoms with Crippen LogP contribution in [-0.4, -0.2) is 43.8 Å². The topological polar surface area (TPSA) is 96.3 Å². The number of aromatic nitrogens is 1. The number of rotatable bonds is 4. The fraction of sp³-hybridized carbons (Fsp3) is 0.389. The molecule has 1 aromatic rings. The van der Waals surface area contributed by atoms with Gasteiger partial charge in [0.05, 0.1) is 25.5 Å². The van der Waals surface area contributed by atoms with E-state index in [1.807, 2.05) is 12.1 Å². The zero-order valence-electron chi connectivity index (χ0n) is 14.3. The van der Waals surface area contributed by atoms with Crippen LogP contribution in [0.3, 0.4) is 0 Å². The highest BCUT2D eigenvalue weighted by Crippen LogP contribution is 2.29. The Morgan fingerprint density at radius 3 is 3.04 bits per heavy atom. The Balaban J connectivity index is 1.70. The van der Waals surface area contributed by atoms with Gasteiger partial charge in [-0.25, -0.2) is 4.98 Å². The van der Waals surface area contributed by atoms with Crippen LogP contribution in [0.5, 0.6) is 5.88 Å². The standard InChI is InChI=1S/C18H19ClN4O3/c1-25-17-8-12(6-13(9-20)22-17)18(24)23-15-3-2-11(7-14(15)19)16-10-21-4-5-26-16/h2-3,6,8,11,16,21H,4-5,7,10H2,1H3,(H,23,24)/t11?,16-/m1/s1. The second kappa shape index (κ2) is 8.32. The SMILES string of the molecule is COc1cc(C(=O)NC2=C(Cl)CC([C@H]3CNCCO3)C=C2)cc(C#N)n1. The van der Waals surface area contributed by atoms with Gasteiger partial charge in [-0.1, -0.05) is 17.7 Å². The van der Waals surface area contributed by atoms with Crippen LogP contribution in [0, 0.1) is 17.2 Å². The van der Waals surface area contributed by atoms with Gasteiger partial charge in [-0.05, 0) is 18.6 Å². The van der Waals surface area contributed by atoms with E-state index in [4.69, 9.17) is 26.3 Å². The number of morpholine rings is 1. The van der Waals surface area contributed by atoms with Crippen molar-refractivity contribution in [2.75, 3.05) is 26.8 Å². The summed E-state index contributed by atoms with van der Waals surface area (Å²) in [7, 11) is 1.43. The molecule has 1 aliphatic heterocycles. The summed E-state index contributed by atoms with van der Waals surface area (Å²) in [6, 6.07) is 4.79. The summed E-state index contributed by atoms with van der Waals surface area (Å²) in [6.07, 6.45) is 4.49. The molecule has 7 nitrogen and oxygen atoms in total. The normalized spacial score (nSPS) is 22.7. The number of amides is 1. The van der Waals surface area contributed by atoms with Crippen LogP contribution >= 0.6 is 11.6 Å². The third kappa shape index (κ3) is 4.22. The van der Waals surface area contributed by atoms with Crippen LogP contribution < -0.4 is 15.4 Å². The van der Waals surface area contributed by atoms with Gasteiger partial charge in [0.15, 0.2) is 0 Å². The van der Waals surface area contributed by atoms with E-state index in [2.05, 4.69) is 15.6 Å². The molecule has 2 N–H and O–H groups in total. The molecule has 2 aliphatic rings. The average Bonchev–Trinajstić information content (AvgIpc) is 2.69. The van der Waals surface area contributed by atoms with E-state index >= 15 is 0 Å². The number of allylic oxidation sites excluding steroid dienone is 2. The number of nitriles is 1. The van der Waals surface area contributed by atoms with Gasteiger partial charge in [0.2, 0.25) is 5.88 Å². The number of pyridine rings is 1. The Morgan fingerprint density at radius 1 is 1.54 bits per heavy atom. The van der Waals surface area contributed by atoms with Gasteiger partial charge >= 0.3 is 0 Å². The first kappa shape index (κ1) is 18.4. The van der Waals surface area contributed by atoms with Gasteiger partial charge < -0.3 is 20.1 Å². The van der Waals surface area contributed by atoms with Gasteiger partial charge in [0.25, 0.3) is 5.91 Å². The highest BCUT2D eigenvalue weighted by molar-refractivity contribution is 6.30. The molecular weight excluding hydrogens is 356 g/mol. The summed E-state index contributed by atoms with van der Waals surface area (Å²) in [6.45, 7) is 2.33. The predicted octanol–water partition coefficient (Wildman–Crippen LogP) is 1.71. The Morgan fingerprint density at radius 2 is 2.38 bits per heavy atom. The molecule has 1 aromatic heterocycles. The first-order valence-electron chi connectivity index (χ1n) is 8.27. The van der Waals surface area contributed by atoms with Gasteiger partial charge in [-0.15, -0.1) is 0 Å². The Kier molecular flexibility index (Phi) is 5.89. The Hall–Kier alpha value is -2.40. The molecule has 0 radical (unpaired) electrons. The number of ether oxygens (including phenoxy) is 2. The number of nitrogens with one attached hydrogen (secondary N) is 2. The number of carbonyl (C=O) groups excluding carboxylic acids is 1. The second-order valence-electron chi connectivity index (χ2n) is 6.01. The van der Waals surface area contributed by atoms with E-state index in [0.29, 0.717) is 23.8 Å². The van der Waals surface area contributed by atoms with E-state index in [9.17, 15) is 4.79 Å². The summed E-state index contributed by atoms with van der Waals surface area (Å²) in [4.78, 5) is 16.5. The minimum Gasteiger partial charge on any atom is -0.481 e. The first-order valence-corrected chi connectivity index (χ1v) is 8.65. The van der Waals surface area contributed by atoms with Crippen molar-refractivity contribution >= 4 is 17.5 Å². The van der Waals surface area contributed by atoms with E-state index in [1.165, 1.54) is 19.2 Å². The van der Waals surface area contributed by atoms with Crippen molar-refractivity contribution in [2.45, 2.75) is 12.5 Å². The number of carbonyl (C=O) groups is 1. The molecule has 1 amide bonds. The lowest BCUT2D eigenvalue weighted by atomic mass is 9.92. The number of hydrogen-bond acceptors (Lipinski definition) is 6. The van der Waals surface area contributed by atoms with Gasteiger partial charge in [0, 0.05) is 35.7 Å². The summed E-state index contributed by atoms with van der Waals surface area (Å²) >= 11 is 6.39. The second-order valence-corrected chi connectivity index (χ2v) is 6.46. The molecule has 1 fully saturated rings. The molecule has 1 aliphatic carbocycles. The van der Waals surface area contributed by atoms with Crippen LogP contribution in [0.2, 0.25) is 0 Å². The number of halogens is 1. The lowest BCUT2D eigenvalue weighted by molar-refractivity contribution is 0.00325. The molecule has 2 atom stereocenters. The molecule has 0 aromatic carbocycles. The van der Waals surface area contributed by atoms with Gasteiger partial charge in [0.1, 0.15) is 11.8 Å². The van der Waals surface area contributed by atoms with Crippen molar-refractivity contribution in [3.05, 3.63) is 46.3 Å². The summed E-state index contributed by atoms with van der Waals surface area (Å²) < 4.78 is 10.8. The molecule has 0 bridgehead atoms. The van der Waals surface area contributed by atoms with E-state index < -0.39 is 0 Å². The van der Waals surface area contributed by atoms with Crippen LogP contribution in [0.15, 0.2) is 35.0 Å². The van der Waals surface area contributed by atoms with E-state index in [1.54, 1.807) is 6.08 Å². The summed E-state index contributed by atoms with van der Waals surface area (Å²) in [5.74, 6) is -0.00771. The van der Waals surface area contributed by atoms with Crippen molar-refractivity contribution in [2.24, 2.45) is 5.92 Å². The van der Waals surface area contributed by atoms with Gasteiger partial charge in [-0.2, -0.15) is 5.26 Å². The molecule has 8 heteroatoms. The van der Waals surface area contributed by atoms with Crippen molar-refractivity contribution < 1.29 is 14.3 Å². The molecule has 0 saturated carbocycles. The number of nitrogens with zero attached hydrogens (tertiary/aromatic N) is 2. The maximum absolute atomic E-state index is 12.5.